The fourth-order valence-electron chi connectivity index (χ4n) is 12.1. The number of benzene rings is 2. The van der Waals surface area contributed by atoms with Gasteiger partial charge in [0.15, 0.2) is 11.6 Å². The van der Waals surface area contributed by atoms with Crippen molar-refractivity contribution in [3.63, 3.8) is 0 Å². The van der Waals surface area contributed by atoms with Crippen LogP contribution in [0.2, 0.25) is 0 Å². The number of nitrogens with zero attached hydrogens (tertiary/aromatic N) is 1. The molecule has 0 bridgehead atoms. The van der Waals surface area contributed by atoms with E-state index in [0.717, 1.165) is 46.7 Å². The Kier molecular flexibility index (Phi) is 11.2. The van der Waals surface area contributed by atoms with Crippen molar-refractivity contribution < 1.29 is 38.6 Å². The molecule has 1 amide bonds. The Morgan fingerprint density at radius 2 is 1.73 bits per heavy atom. The quantitative estimate of drug-likeness (QED) is 0.179. The molecular formula is C48H55N3O8. The first-order valence-electron chi connectivity index (χ1n) is 21.2. The van der Waals surface area contributed by atoms with Gasteiger partial charge in [-0.3, -0.25) is 29.0 Å². The monoisotopic (exact) mass is 801 g/mol. The van der Waals surface area contributed by atoms with Gasteiger partial charge < -0.3 is 25.6 Å². The van der Waals surface area contributed by atoms with Gasteiger partial charge in [0.1, 0.15) is 13.2 Å². The number of carbonyl (C=O) groups excluding carboxylic acids is 5. The van der Waals surface area contributed by atoms with Gasteiger partial charge in [-0.25, -0.2) is 0 Å². The molecule has 1 aromatic heterocycles. The Morgan fingerprint density at radius 1 is 0.983 bits per heavy atom. The number of nitrogens with two attached hydrogens (primary N) is 1. The molecule has 5 aliphatic rings. The number of esters is 2. The number of pyridine rings is 1. The number of anilines is 1. The third-order valence-corrected chi connectivity index (χ3v) is 14.9. The summed E-state index contributed by atoms with van der Waals surface area (Å²) in [5.74, 6) is -3.22. The first-order chi connectivity index (χ1) is 28.3. The molecule has 1 heterocycles. The molecule has 11 atom stereocenters. The molecule has 4 saturated carbocycles. The van der Waals surface area contributed by atoms with Gasteiger partial charge in [0.05, 0.1) is 23.9 Å². The van der Waals surface area contributed by atoms with Crippen LogP contribution >= 0.6 is 0 Å². The number of Topliss-reactive ketones (excluding diaryl/α,β-unsaturated/α-hetero) is 1. The predicted molar refractivity (Wildman–Crippen MR) is 221 cm³/mol. The number of ether oxygens (including phenoxy) is 2. The van der Waals surface area contributed by atoms with E-state index >= 15 is 0 Å². The highest BCUT2D eigenvalue weighted by Gasteiger charge is 2.64. The number of allylic oxidation sites excluding steroid dienone is 4. The lowest BCUT2D eigenvalue weighted by atomic mass is 9.46. The van der Waals surface area contributed by atoms with Gasteiger partial charge in [-0.05, 0) is 109 Å². The van der Waals surface area contributed by atoms with Crippen molar-refractivity contribution in [2.24, 2.45) is 58.0 Å². The number of ketones is 2. The summed E-state index contributed by atoms with van der Waals surface area (Å²) in [5.41, 5.74) is 8.43. The van der Waals surface area contributed by atoms with Gasteiger partial charge in [0, 0.05) is 47.3 Å². The van der Waals surface area contributed by atoms with Crippen LogP contribution in [0.15, 0.2) is 84.7 Å². The van der Waals surface area contributed by atoms with E-state index in [9.17, 15) is 29.1 Å². The number of carbonyl (C=O) groups is 5. The minimum Gasteiger partial charge on any atom is -0.461 e. The van der Waals surface area contributed by atoms with Crippen LogP contribution in [0.1, 0.15) is 82.8 Å². The van der Waals surface area contributed by atoms with E-state index in [-0.39, 0.29) is 72.2 Å². The van der Waals surface area contributed by atoms with Gasteiger partial charge in [-0.1, -0.05) is 69.2 Å². The van der Waals surface area contributed by atoms with Gasteiger partial charge >= 0.3 is 11.9 Å². The van der Waals surface area contributed by atoms with Crippen LogP contribution in [-0.4, -0.2) is 58.8 Å². The number of fused-ring (bicyclic) bond motifs is 6. The first kappa shape index (κ1) is 40.8. The van der Waals surface area contributed by atoms with Crippen LogP contribution < -0.4 is 11.1 Å². The van der Waals surface area contributed by atoms with Crippen LogP contribution in [0.25, 0.3) is 10.8 Å². The molecule has 0 aliphatic heterocycles. The van der Waals surface area contributed by atoms with Gasteiger partial charge in [-0.2, -0.15) is 0 Å². The third-order valence-electron chi connectivity index (χ3n) is 14.9. The Labute approximate surface area is 345 Å². The van der Waals surface area contributed by atoms with Crippen LogP contribution in [0.5, 0.6) is 0 Å². The highest BCUT2D eigenvalue weighted by molar-refractivity contribution is 6.01. The van der Waals surface area contributed by atoms with E-state index in [1.54, 1.807) is 48.8 Å². The van der Waals surface area contributed by atoms with Crippen molar-refractivity contribution in [2.45, 2.75) is 84.3 Å². The predicted octanol–water partition coefficient (Wildman–Crippen LogP) is 6.63. The van der Waals surface area contributed by atoms with Crippen LogP contribution in [0.3, 0.4) is 0 Å². The lowest BCUT2D eigenvalue weighted by Gasteiger charge is -2.58. The van der Waals surface area contributed by atoms with Gasteiger partial charge in [-0.15, -0.1) is 0 Å². The van der Waals surface area contributed by atoms with Crippen molar-refractivity contribution in [3.05, 3.63) is 95.9 Å². The van der Waals surface area contributed by atoms with Crippen LogP contribution in [-0.2, 0) is 40.1 Å². The molecule has 0 spiro atoms. The van der Waals surface area contributed by atoms with E-state index in [1.165, 1.54) is 0 Å². The lowest BCUT2D eigenvalue weighted by Crippen LogP contribution is -2.56. The molecule has 59 heavy (non-hydrogen) atoms. The molecular weight excluding hydrogens is 747 g/mol. The molecule has 4 fully saturated rings. The molecule has 0 saturated heterocycles. The van der Waals surface area contributed by atoms with Crippen molar-refractivity contribution >= 4 is 45.9 Å². The summed E-state index contributed by atoms with van der Waals surface area (Å²) in [4.78, 5) is 70.4. The molecule has 310 valence electrons. The Balaban J connectivity index is 0.841. The SMILES string of the molecule is C[C@@H]1CC2[C@@H]3CCC4=CC(=O)C=C[C@]4(C)C3[C@@H](O)C[C@]2(C)[C@H]1C(=O)COC(=O)C1CCCC1C(=O)OCc1ccc([C@@H](CN)C(=O)Nc2ccc3cnccc3c2)cc1. The fraction of sp³-hybridized carbons (Fsp3) is 0.500. The number of hydrogen-bond donors (Lipinski definition) is 3. The van der Waals surface area contributed by atoms with E-state index in [2.05, 4.69) is 31.1 Å². The second-order valence-corrected chi connectivity index (χ2v) is 18.3. The van der Waals surface area contributed by atoms with Crippen molar-refractivity contribution in [3.8, 4) is 0 Å². The average Bonchev–Trinajstić information content (AvgIpc) is 3.82. The molecule has 2 aromatic carbocycles. The van der Waals surface area contributed by atoms with Crippen LogP contribution in [0, 0.1) is 52.3 Å². The highest BCUT2D eigenvalue weighted by atomic mass is 16.5. The number of aliphatic hydroxyl groups is 1. The van der Waals surface area contributed by atoms with E-state index in [4.69, 9.17) is 15.2 Å². The molecule has 4 N–H and O–H groups in total. The summed E-state index contributed by atoms with van der Waals surface area (Å²) in [6.45, 7) is 6.12. The third kappa shape index (κ3) is 7.56. The number of aromatic nitrogens is 1. The Hall–Kier alpha value is -5.00. The Morgan fingerprint density at radius 3 is 2.47 bits per heavy atom. The number of hydrogen-bond acceptors (Lipinski definition) is 10. The molecule has 4 unspecified atom stereocenters. The zero-order valence-electron chi connectivity index (χ0n) is 34.1. The second-order valence-electron chi connectivity index (χ2n) is 18.3. The first-order valence-corrected chi connectivity index (χ1v) is 21.2. The summed E-state index contributed by atoms with van der Waals surface area (Å²) < 4.78 is 11.4. The normalized spacial score (nSPS) is 32.6. The van der Waals surface area contributed by atoms with Crippen molar-refractivity contribution in [1.29, 1.82) is 0 Å². The average molecular weight is 802 g/mol. The summed E-state index contributed by atoms with van der Waals surface area (Å²) in [7, 11) is 0. The topological polar surface area (TPSA) is 175 Å². The zero-order valence-corrected chi connectivity index (χ0v) is 34.1. The molecule has 3 aromatic rings. The summed E-state index contributed by atoms with van der Waals surface area (Å²) in [6, 6.07) is 14.7. The highest BCUT2D eigenvalue weighted by Crippen LogP contribution is 2.67. The maximum atomic E-state index is 14.0. The van der Waals surface area contributed by atoms with E-state index in [1.807, 2.05) is 30.3 Å². The number of nitrogens with one attached hydrogen (secondary N) is 1. The maximum absolute atomic E-state index is 14.0. The van der Waals surface area contributed by atoms with E-state index < -0.39 is 41.2 Å². The zero-order chi connectivity index (χ0) is 41.6. The smallest absolute Gasteiger partial charge is 0.310 e. The molecule has 11 nitrogen and oxygen atoms in total. The summed E-state index contributed by atoms with van der Waals surface area (Å²) in [5, 5.41) is 16.7. The minimum absolute atomic E-state index is 0.000511. The molecule has 8 rings (SSSR count). The lowest BCUT2D eigenvalue weighted by molar-refractivity contribution is -0.163. The largest absolute Gasteiger partial charge is 0.461 e. The van der Waals surface area contributed by atoms with Gasteiger partial charge in [0.25, 0.3) is 0 Å². The van der Waals surface area contributed by atoms with E-state index in [0.29, 0.717) is 31.4 Å². The van der Waals surface area contributed by atoms with Gasteiger partial charge in [0.2, 0.25) is 5.91 Å². The fourth-order valence-corrected chi connectivity index (χ4v) is 12.1. The minimum atomic E-state index is -0.692. The summed E-state index contributed by atoms with van der Waals surface area (Å²) in [6.07, 6.45) is 12.9. The maximum Gasteiger partial charge on any atom is 0.310 e. The number of rotatable bonds is 11. The summed E-state index contributed by atoms with van der Waals surface area (Å²) >= 11 is 0. The molecule has 0 radical (unpaired) electrons. The Bertz CT molecular complexity index is 2220. The van der Waals surface area contributed by atoms with Crippen LogP contribution in [0.4, 0.5) is 5.69 Å². The van der Waals surface area contributed by atoms with Crippen molar-refractivity contribution in [2.75, 3.05) is 18.5 Å². The number of aliphatic hydroxyl groups excluding tert-OH is 1. The number of amides is 1. The molecule has 11 heteroatoms. The second kappa shape index (κ2) is 16.2. The van der Waals surface area contributed by atoms with Crippen molar-refractivity contribution in [1.82, 2.24) is 4.98 Å². The standard InChI is InChI=1S/C48H55N3O8/c1-27-19-39-37-14-12-32-21-34(52)15-17-47(32,2)43(37)40(53)22-48(39,3)42(27)41(54)26-59-46(57)36-6-4-5-35(36)45(56)58-25-28-7-9-29(10-8-28)38(23-49)44(55)51-33-13-11-31-24-50-18-16-30(31)20-33/h7-11,13,15-18,20-21,24,27,35-40,42-43,53H,4-6,12,14,19,22-23,25-26,49H2,1-3H3,(H,51,55)/t27-,35?,36?,37+,38-,39?,40+,42-,43?,47+,48+/m1/s1. The molecule has 5 aliphatic carbocycles.